The summed E-state index contributed by atoms with van der Waals surface area (Å²) in [5, 5.41) is 2.15. The number of nitrogens with one attached hydrogen (secondary N) is 1. The van der Waals surface area contributed by atoms with E-state index < -0.39 is 34.2 Å². The normalized spacial score (nSPS) is 12.1. The molecule has 0 fully saturated rings. The van der Waals surface area contributed by atoms with Crippen molar-refractivity contribution >= 4 is 38.9 Å². The van der Waals surface area contributed by atoms with Crippen LogP contribution < -0.4 is 9.62 Å². The lowest BCUT2D eigenvalue weighted by Gasteiger charge is -2.22. The fourth-order valence-corrected chi connectivity index (χ4v) is 3.56. The van der Waals surface area contributed by atoms with Crippen molar-refractivity contribution in [1.82, 2.24) is 0 Å². The lowest BCUT2D eigenvalue weighted by molar-refractivity contribution is -0.137. The molecule has 1 N–H and O–H groups in total. The maximum absolute atomic E-state index is 12.9. The number of halogens is 4. The minimum absolute atomic E-state index is 0.0986. The number of rotatable bonds is 6. The number of alkyl halides is 3. The summed E-state index contributed by atoms with van der Waals surface area (Å²) < 4.78 is 63.8. The zero-order chi connectivity index (χ0) is 22.0. The zero-order valence-corrected chi connectivity index (χ0v) is 17.5. The van der Waals surface area contributed by atoms with Crippen LogP contribution in [0.5, 0.6) is 0 Å². The first-order valence-corrected chi connectivity index (χ1v) is 10.8. The Kier molecular flexibility index (Phi) is 6.85. The Morgan fingerprint density at radius 3 is 2.21 bits per heavy atom. The topological polar surface area (TPSA) is 66.5 Å². The van der Waals surface area contributed by atoms with Crippen LogP contribution in [0.25, 0.3) is 0 Å². The third-order valence-electron chi connectivity index (χ3n) is 4.10. The molecule has 2 aromatic carbocycles. The number of carbonyl (C=O) groups is 1. The Hall–Kier alpha value is -2.26. The van der Waals surface area contributed by atoms with Crippen molar-refractivity contribution in [3.63, 3.8) is 0 Å². The van der Waals surface area contributed by atoms with Gasteiger partial charge in [-0.15, -0.1) is 0 Å². The van der Waals surface area contributed by atoms with Crippen molar-refractivity contribution in [3.05, 3.63) is 58.6 Å². The van der Waals surface area contributed by atoms with Crippen LogP contribution in [0.4, 0.5) is 24.5 Å². The van der Waals surface area contributed by atoms with Gasteiger partial charge in [-0.05, 0) is 41.8 Å². The second kappa shape index (κ2) is 8.62. The van der Waals surface area contributed by atoms with E-state index in [0.717, 1.165) is 28.3 Å². The Labute approximate surface area is 172 Å². The van der Waals surface area contributed by atoms with Gasteiger partial charge in [0.15, 0.2) is 0 Å². The SMILES string of the molecule is CC(C)c1ccc(N(CC(=O)Nc2cc(C(F)(F)F)ccc2Cl)S(C)(=O)=O)cc1. The van der Waals surface area contributed by atoms with E-state index >= 15 is 0 Å². The third-order valence-corrected chi connectivity index (χ3v) is 5.57. The molecule has 0 aromatic heterocycles. The molecule has 158 valence electrons. The predicted molar refractivity (Wildman–Crippen MR) is 108 cm³/mol. The fourth-order valence-electron chi connectivity index (χ4n) is 2.54. The van der Waals surface area contributed by atoms with Crippen molar-refractivity contribution in [2.75, 3.05) is 22.4 Å². The van der Waals surface area contributed by atoms with E-state index in [1.54, 1.807) is 24.3 Å². The summed E-state index contributed by atoms with van der Waals surface area (Å²) in [5.41, 5.74) is 0.0149. The van der Waals surface area contributed by atoms with E-state index in [1.807, 2.05) is 13.8 Å². The number of carbonyl (C=O) groups excluding carboxylic acids is 1. The molecule has 0 atom stereocenters. The highest BCUT2D eigenvalue weighted by Gasteiger charge is 2.31. The van der Waals surface area contributed by atoms with Gasteiger partial charge in [-0.25, -0.2) is 8.42 Å². The van der Waals surface area contributed by atoms with Gasteiger partial charge in [0.2, 0.25) is 15.9 Å². The minimum atomic E-state index is -4.61. The van der Waals surface area contributed by atoms with Crippen LogP contribution in [0.3, 0.4) is 0 Å². The second-order valence-corrected chi connectivity index (χ2v) is 9.07. The summed E-state index contributed by atoms with van der Waals surface area (Å²) in [7, 11) is -3.82. The van der Waals surface area contributed by atoms with Crippen molar-refractivity contribution < 1.29 is 26.4 Å². The molecule has 0 heterocycles. The zero-order valence-electron chi connectivity index (χ0n) is 15.9. The maximum Gasteiger partial charge on any atom is 0.416 e. The summed E-state index contributed by atoms with van der Waals surface area (Å²) in [6.07, 6.45) is -3.67. The van der Waals surface area contributed by atoms with Gasteiger partial charge >= 0.3 is 6.18 Å². The Balaban J connectivity index is 2.26. The van der Waals surface area contributed by atoms with Gasteiger partial charge in [-0.1, -0.05) is 37.6 Å². The minimum Gasteiger partial charge on any atom is -0.323 e. The van der Waals surface area contributed by atoms with Gasteiger partial charge in [0, 0.05) is 0 Å². The molecule has 0 saturated carbocycles. The number of sulfonamides is 1. The average Bonchev–Trinajstić information content (AvgIpc) is 2.59. The number of anilines is 2. The molecule has 2 aromatic rings. The first-order chi connectivity index (χ1) is 13.3. The lowest BCUT2D eigenvalue weighted by atomic mass is 10.0. The standard InChI is InChI=1S/C19H20ClF3N2O3S/c1-12(2)13-4-7-15(8-5-13)25(29(3,27)28)11-18(26)24-17-10-14(19(21,22)23)6-9-16(17)20/h4-10,12H,11H2,1-3H3,(H,24,26). The second-order valence-electron chi connectivity index (χ2n) is 6.76. The fraction of sp³-hybridized carbons (Fsp3) is 0.316. The Bertz CT molecular complexity index is 991. The van der Waals surface area contributed by atoms with E-state index in [9.17, 15) is 26.4 Å². The molecule has 0 aliphatic rings. The molecule has 0 aliphatic heterocycles. The van der Waals surface area contributed by atoms with E-state index in [0.29, 0.717) is 6.07 Å². The largest absolute Gasteiger partial charge is 0.416 e. The molecule has 0 aliphatic carbocycles. The van der Waals surface area contributed by atoms with Gasteiger partial charge in [0.25, 0.3) is 0 Å². The quantitative estimate of drug-likeness (QED) is 0.684. The molecular formula is C19H20ClF3N2O3S. The van der Waals surface area contributed by atoms with E-state index in [2.05, 4.69) is 5.32 Å². The van der Waals surface area contributed by atoms with Crippen molar-refractivity contribution in [2.45, 2.75) is 25.9 Å². The molecule has 0 bridgehead atoms. The summed E-state index contributed by atoms with van der Waals surface area (Å²) in [6, 6.07) is 9.14. The van der Waals surface area contributed by atoms with Crippen LogP contribution in [0.15, 0.2) is 42.5 Å². The number of hydrogen-bond acceptors (Lipinski definition) is 3. The van der Waals surface area contributed by atoms with Crippen LogP contribution in [0, 0.1) is 0 Å². The molecule has 0 unspecified atom stereocenters. The highest BCUT2D eigenvalue weighted by molar-refractivity contribution is 7.92. The van der Waals surface area contributed by atoms with E-state index in [-0.39, 0.29) is 22.3 Å². The third kappa shape index (κ3) is 6.11. The molecule has 2 rings (SSSR count). The van der Waals surface area contributed by atoms with Gasteiger partial charge in [0.1, 0.15) is 6.54 Å². The van der Waals surface area contributed by atoms with Gasteiger partial charge in [-0.3, -0.25) is 9.10 Å². The number of nitrogens with zero attached hydrogens (tertiary/aromatic N) is 1. The van der Waals surface area contributed by atoms with Crippen LogP contribution in [-0.2, 0) is 21.0 Å². The van der Waals surface area contributed by atoms with Crippen molar-refractivity contribution in [3.8, 4) is 0 Å². The van der Waals surface area contributed by atoms with Crippen LogP contribution in [0.2, 0.25) is 5.02 Å². The first kappa shape index (κ1) is 23.0. The summed E-state index contributed by atoms with van der Waals surface area (Å²) >= 11 is 5.87. The Morgan fingerprint density at radius 2 is 1.72 bits per heavy atom. The molecule has 0 spiro atoms. The predicted octanol–water partition coefficient (Wildman–Crippen LogP) is 4.89. The lowest BCUT2D eigenvalue weighted by Crippen LogP contribution is -2.37. The van der Waals surface area contributed by atoms with Crippen LogP contribution in [0.1, 0.15) is 30.9 Å². The molecule has 29 heavy (non-hydrogen) atoms. The van der Waals surface area contributed by atoms with E-state index in [1.165, 1.54) is 0 Å². The number of benzene rings is 2. The summed E-state index contributed by atoms with van der Waals surface area (Å²) in [6.45, 7) is 3.34. The van der Waals surface area contributed by atoms with Gasteiger partial charge in [-0.2, -0.15) is 13.2 Å². The highest BCUT2D eigenvalue weighted by atomic mass is 35.5. The molecule has 0 saturated heterocycles. The molecule has 10 heteroatoms. The molecule has 1 amide bonds. The van der Waals surface area contributed by atoms with Crippen LogP contribution >= 0.6 is 11.6 Å². The summed E-state index contributed by atoms with van der Waals surface area (Å²) in [4.78, 5) is 12.4. The van der Waals surface area contributed by atoms with Gasteiger partial charge in [0.05, 0.1) is 28.2 Å². The average molecular weight is 449 g/mol. The number of amides is 1. The van der Waals surface area contributed by atoms with E-state index in [4.69, 9.17) is 11.6 Å². The molecular weight excluding hydrogens is 429 g/mol. The highest BCUT2D eigenvalue weighted by Crippen LogP contribution is 2.34. The smallest absolute Gasteiger partial charge is 0.323 e. The van der Waals surface area contributed by atoms with Crippen LogP contribution in [-0.4, -0.2) is 27.1 Å². The summed E-state index contributed by atoms with van der Waals surface area (Å²) in [5.74, 6) is -0.591. The Morgan fingerprint density at radius 1 is 1.14 bits per heavy atom. The maximum atomic E-state index is 12.9. The van der Waals surface area contributed by atoms with Crippen molar-refractivity contribution in [2.24, 2.45) is 0 Å². The van der Waals surface area contributed by atoms with Crippen molar-refractivity contribution in [1.29, 1.82) is 0 Å². The molecule has 0 radical (unpaired) electrons. The molecule has 5 nitrogen and oxygen atoms in total. The first-order valence-electron chi connectivity index (χ1n) is 8.53. The number of hydrogen-bond donors (Lipinski definition) is 1. The van der Waals surface area contributed by atoms with Gasteiger partial charge < -0.3 is 5.32 Å². The monoisotopic (exact) mass is 448 g/mol.